The number of hydrogen-bond acceptors (Lipinski definition) is 6. The zero-order valence-electron chi connectivity index (χ0n) is 16.7. The maximum Gasteiger partial charge on any atom is 0.332 e. The third-order valence-corrected chi connectivity index (χ3v) is 4.63. The van der Waals surface area contributed by atoms with Crippen molar-refractivity contribution in [1.82, 2.24) is 18.7 Å². The fraction of sp³-hybridized carbons (Fsp3) is 0.368. The molecule has 2 aromatic heterocycles. The van der Waals surface area contributed by atoms with Gasteiger partial charge in [0.15, 0.2) is 11.2 Å². The number of hydrazone groups is 1. The molecule has 0 aliphatic carbocycles. The highest BCUT2D eigenvalue weighted by molar-refractivity contribution is 5.99. The van der Waals surface area contributed by atoms with Gasteiger partial charge in [-0.1, -0.05) is 6.92 Å². The van der Waals surface area contributed by atoms with Gasteiger partial charge < -0.3 is 9.30 Å². The largest absolute Gasteiger partial charge is 0.497 e. The highest BCUT2D eigenvalue weighted by atomic mass is 16.5. The van der Waals surface area contributed by atoms with Crippen molar-refractivity contribution in [2.75, 3.05) is 12.5 Å². The Morgan fingerprint density at radius 2 is 1.86 bits per heavy atom. The molecular formula is C19H24N6O3. The molecule has 0 bridgehead atoms. The molecule has 2 heterocycles. The summed E-state index contributed by atoms with van der Waals surface area (Å²) in [5, 5.41) is 4.41. The maximum absolute atomic E-state index is 12.6. The van der Waals surface area contributed by atoms with E-state index in [-0.39, 0.29) is 5.56 Å². The van der Waals surface area contributed by atoms with Gasteiger partial charge >= 0.3 is 5.69 Å². The SMILES string of the molecule is CCCn1c(NN=C(C)c2ccc(OC)cc2)nc2c1c(=O)n(C)c(=O)n2C. The number of rotatable bonds is 6. The number of nitrogens with one attached hydrogen (secondary N) is 1. The third-order valence-electron chi connectivity index (χ3n) is 4.63. The maximum atomic E-state index is 12.6. The van der Waals surface area contributed by atoms with Gasteiger partial charge in [0.25, 0.3) is 5.56 Å². The number of anilines is 1. The molecule has 3 aromatic rings. The molecular weight excluding hydrogens is 360 g/mol. The van der Waals surface area contributed by atoms with Gasteiger partial charge in [-0.3, -0.25) is 13.9 Å². The first-order valence-corrected chi connectivity index (χ1v) is 9.00. The summed E-state index contributed by atoms with van der Waals surface area (Å²) in [6.45, 7) is 4.45. The van der Waals surface area contributed by atoms with Crippen LogP contribution in [0.4, 0.5) is 5.95 Å². The summed E-state index contributed by atoms with van der Waals surface area (Å²) in [5.41, 5.74) is 4.56. The zero-order chi connectivity index (χ0) is 20.4. The topological polar surface area (TPSA) is 95.4 Å². The fourth-order valence-corrected chi connectivity index (χ4v) is 3.00. The number of nitrogens with zero attached hydrogens (tertiary/aromatic N) is 5. The van der Waals surface area contributed by atoms with Crippen LogP contribution in [0.5, 0.6) is 5.75 Å². The Kier molecular flexibility index (Phi) is 5.34. The lowest BCUT2D eigenvalue weighted by Gasteiger charge is -2.08. The summed E-state index contributed by atoms with van der Waals surface area (Å²) in [5.74, 6) is 1.19. The number of aromatic nitrogens is 4. The van der Waals surface area contributed by atoms with Crippen molar-refractivity contribution in [3.63, 3.8) is 0 Å². The number of imidazole rings is 1. The Hall–Kier alpha value is -3.36. The molecule has 1 N–H and O–H groups in total. The van der Waals surface area contributed by atoms with Crippen LogP contribution in [0.15, 0.2) is 39.0 Å². The second-order valence-corrected chi connectivity index (χ2v) is 6.50. The molecule has 0 radical (unpaired) electrons. The number of hydrogen-bond donors (Lipinski definition) is 1. The molecule has 1 aromatic carbocycles. The first-order chi connectivity index (χ1) is 13.4. The monoisotopic (exact) mass is 384 g/mol. The van der Waals surface area contributed by atoms with Gasteiger partial charge in [0, 0.05) is 20.6 Å². The molecule has 0 amide bonds. The van der Waals surface area contributed by atoms with Crippen molar-refractivity contribution in [3.05, 3.63) is 50.7 Å². The first kappa shape index (κ1) is 19.4. The molecule has 0 unspecified atom stereocenters. The lowest BCUT2D eigenvalue weighted by molar-refractivity contribution is 0.415. The summed E-state index contributed by atoms with van der Waals surface area (Å²) < 4.78 is 9.39. The lowest BCUT2D eigenvalue weighted by atomic mass is 10.1. The van der Waals surface area contributed by atoms with Gasteiger partial charge in [-0.15, -0.1) is 0 Å². The quantitative estimate of drug-likeness (QED) is 0.515. The molecule has 0 fully saturated rings. The van der Waals surface area contributed by atoms with Gasteiger partial charge in [-0.25, -0.2) is 10.2 Å². The molecule has 28 heavy (non-hydrogen) atoms. The summed E-state index contributed by atoms with van der Waals surface area (Å²) in [7, 11) is 4.68. The lowest BCUT2D eigenvalue weighted by Crippen LogP contribution is -2.37. The van der Waals surface area contributed by atoms with Crippen molar-refractivity contribution < 1.29 is 4.74 Å². The second-order valence-electron chi connectivity index (χ2n) is 6.50. The van der Waals surface area contributed by atoms with E-state index in [0.29, 0.717) is 23.7 Å². The Morgan fingerprint density at radius 3 is 2.46 bits per heavy atom. The molecule has 0 atom stereocenters. The number of methoxy groups -OCH3 is 1. The minimum atomic E-state index is -0.414. The smallest absolute Gasteiger partial charge is 0.332 e. The molecule has 0 saturated carbocycles. The van der Waals surface area contributed by atoms with Crippen molar-refractivity contribution in [2.45, 2.75) is 26.8 Å². The Morgan fingerprint density at radius 1 is 1.18 bits per heavy atom. The normalized spacial score (nSPS) is 11.8. The van der Waals surface area contributed by atoms with Crippen molar-refractivity contribution in [3.8, 4) is 5.75 Å². The van der Waals surface area contributed by atoms with E-state index in [4.69, 9.17) is 4.74 Å². The summed E-state index contributed by atoms with van der Waals surface area (Å²) in [6.07, 6.45) is 0.799. The van der Waals surface area contributed by atoms with Gasteiger partial charge in [0.05, 0.1) is 12.8 Å². The van der Waals surface area contributed by atoms with Crippen LogP contribution in [0, 0.1) is 0 Å². The summed E-state index contributed by atoms with van der Waals surface area (Å²) in [4.78, 5) is 29.3. The van der Waals surface area contributed by atoms with Crippen LogP contribution in [0.3, 0.4) is 0 Å². The van der Waals surface area contributed by atoms with Crippen molar-refractivity contribution in [2.24, 2.45) is 19.2 Å². The average Bonchev–Trinajstić information content (AvgIpc) is 3.07. The van der Waals surface area contributed by atoms with Crippen LogP contribution >= 0.6 is 0 Å². The standard InChI is InChI=1S/C19H24N6O3/c1-6-11-25-15-16(23(3)19(27)24(4)17(15)26)20-18(25)22-21-12(2)13-7-9-14(28-5)10-8-13/h7-10H,6,11H2,1-5H3,(H,20,22). The Balaban J connectivity index is 2.06. The minimum absolute atomic E-state index is 0.335. The van der Waals surface area contributed by atoms with E-state index in [1.54, 1.807) is 18.7 Å². The molecule has 0 aliphatic heterocycles. The van der Waals surface area contributed by atoms with Crippen molar-refractivity contribution in [1.29, 1.82) is 0 Å². The fourth-order valence-electron chi connectivity index (χ4n) is 3.00. The first-order valence-electron chi connectivity index (χ1n) is 9.00. The highest BCUT2D eigenvalue weighted by Crippen LogP contribution is 2.17. The van der Waals surface area contributed by atoms with E-state index in [9.17, 15) is 9.59 Å². The summed E-state index contributed by atoms with van der Waals surface area (Å²) >= 11 is 0. The van der Waals surface area contributed by atoms with Crippen LogP contribution in [0.2, 0.25) is 0 Å². The Labute approximate surface area is 161 Å². The van der Waals surface area contributed by atoms with Crippen LogP contribution in [-0.4, -0.2) is 31.5 Å². The van der Waals surface area contributed by atoms with Crippen LogP contribution in [-0.2, 0) is 20.6 Å². The van der Waals surface area contributed by atoms with E-state index in [0.717, 1.165) is 28.0 Å². The zero-order valence-corrected chi connectivity index (χ0v) is 16.7. The average molecular weight is 384 g/mol. The predicted octanol–water partition coefficient (Wildman–Crippen LogP) is 1.69. The molecule has 0 aliphatic rings. The van der Waals surface area contributed by atoms with Crippen LogP contribution in [0.25, 0.3) is 11.2 Å². The highest BCUT2D eigenvalue weighted by Gasteiger charge is 2.18. The third kappa shape index (κ3) is 3.30. The van der Waals surface area contributed by atoms with Gasteiger partial charge in [-0.05, 0) is 43.2 Å². The van der Waals surface area contributed by atoms with Crippen LogP contribution in [0.1, 0.15) is 25.8 Å². The van der Waals surface area contributed by atoms with Crippen molar-refractivity contribution >= 4 is 22.8 Å². The van der Waals surface area contributed by atoms with E-state index in [1.807, 2.05) is 38.1 Å². The molecule has 9 heteroatoms. The second kappa shape index (κ2) is 7.71. The number of fused-ring (bicyclic) bond motifs is 1. The Bertz CT molecular complexity index is 1150. The molecule has 0 spiro atoms. The summed E-state index contributed by atoms with van der Waals surface area (Å²) in [6, 6.07) is 7.54. The number of benzene rings is 1. The minimum Gasteiger partial charge on any atom is -0.497 e. The molecule has 9 nitrogen and oxygen atoms in total. The molecule has 3 rings (SSSR count). The number of ether oxygens (including phenoxy) is 1. The van der Waals surface area contributed by atoms with Gasteiger partial charge in [-0.2, -0.15) is 10.1 Å². The van der Waals surface area contributed by atoms with E-state index >= 15 is 0 Å². The van der Waals surface area contributed by atoms with E-state index in [2.05, 4.69) is 15.5 Å². The molecule has 0 saturated heterocycles. The van der Waals surface area contributed by atoms with Gasteiger partial charge in [0.1, 0.15) is 5.75 Å². The van der Waals surface area contributed by atoms with E-state index < -0.39 is 5.69 Å². The molecule has 148 valence electrons. The number of aryl methyl sites for hydroxylation is 2. The predicted molar refractivity (Wildman–Crippen MR) is 109 cm³/mol. The van der Waals surface area contributed by atoms with Crippen LogP contribution < -0.4 is 21.4 Å². The van der Waals surface area contributed by atoms with E-state index in [1.165, 1.54) is 11.6 Å². The van der Waals surface area contributed by atoms with Gasteiger partial charge in [0.2, 0.25) is 5.95 Å².